The van der Waals surface area contributed by atoms with Crippen LogP contribution in [0.15, 0.2) is 5.38 Å². The van der Waals surface area contributed by atoms with E-state index in [1.165, 1.54) is 11.3 Å². The van der Waals surface area contributed by atoms with Crippen LogP contribution in [0.5, 0.6) is 0 Å². The molecule has 1 unspecified atom stereocenters. The molecule has 0 aromatic carbocycles. The molecule has 1 rings (SSSR count). The Balaban J connectivity index is 2.66. The van der Waals surface area contributed by atoms with Crippen molar-refractivity contribution >= 4 is 23.2 Å². The molecular formula is C12H18N2O3S. The van der Waals surface area contributed by atoms with Crippen molar-refractivity contribution in [2.45, 2.75) is 34.2 Å². The second-order valence-electron chi connectivity index (χ2n) is 5.24. The number of carbonyl (C=O) groups is 2. The van der Waals surface area contributed by atoms with E-state index in [2.05, 4.69) is 10.3 Å². The lowest BCUT2D eigenvalue weighted by atomic mass is 9.80. The fraction of sp³-hybridized carbons (Fsp3) is 0.583. The monoisotopic (exact) mass is 270 g/mol. The summed E-state index contributed by atoms with van der Waals surface area (Å²) in [6.07, 6.45) is 0. The van der Waals surface area contributed by atoms with E-state index in [-0.39, 0.29) is 6.54 Å². The predicted octanol–water partition coefficient (Wildman–Crippen LogP) is 1.81. The predicted molar refractivity (Wildman–Crippen MR) is 69.3 cm³/mol. The van der Waals surface area contributed by atoms with E-state index in [1.54, 1.807) is 20.8 Å². The van der Waals surface area contributed by atoms with Crippen LogP contribution in [0.4, 0.5) is 0 Å². The molecule has 0 aliphatic carbocycles. The number of aryl methyl sites for hydroxylation is 1. The van der Waals surface area contributed by atoms with Gasteiger partial charge < -0.3 is 10.4 Å². The van der Waals surface area contributed by atoms with Gasteiger partial charge in [0.25, 0.3) is 0 Å². The van der Waals surface area contributed by atoms with Crippen molar-refractivity contribution in [2.75, 3.05) is 0 Å². The van der Waals surface area contributed by atoms with Gasteiger partial charge in [-0.25, -0.2) is 4.98 Å². The molecule has 0 radical (unpaired) electrons. The fourth-order valence-electron chi connectivity index (χ4n) is 1.62. The molecule has 1 amide bonds. The number of aromatic nitrogens is 1. The van der Waals surface area contributed by atoms with Gasteiger partial charge in [0.05, 0.1) is 6.54 Å². The fourth-order valence-corrected chi connectivity index (χ4v) is 2.34. The van der Waals surface area contributed by atoms with Gasteiger partial charge in [0.2, 0.25) is 5.91 Å². The number of carbonyl (C=O) groups excluding carboxylic acids is 1. The maximum Gasteiger partial charge on any atom is 0.316 e. The average molecular weight is 270 g/mol. The highest BCUT2D eigenvalue weighted by Crippen LogP contribution is 2.26. The Bertz CT molecular complexity index is 448. The highest BCUT2D eigenvalue weighted by atomic mass is 32.1. The van der Waals surface area contributed by atoms with Crippen molar-refractivity contribution in [3.05, 3.63) is 16.1 Å². The Morgan fingerprint density at radius 2 is 2.11 bits per heavy atom. The SMILES string of the molecule is Cc1csc(CNC(=O)C(C(=O)O)C(C)(C)C)n1. The number of carboxylic acids is 1. The van der Waals surface area contributed by atoms with Crippen LogP contribution in [0.2, 0.25) is 0 Å². The summed E-state index contributed by atoms with van der Waals surface area (Å²) in [5.74, 6) is -2.63. The number of thiazole rings is 1. The summed E-state index contributed by atoms with van der Waals surface area (Å²) < 4.78 is 0. The van der Waals surface area contributed by atoms with Gasteiger partial charge in [0, 0.05) is 11.1 Å². The summed E-state index contributed by atoms with van der Waals surface area (Å²) in [5, 5.41) is 14.4. The highest BCUT2D eigenvalue weighted by Gasteiger charge is 2.37. The van der Waals surface area contributed by atoms with E-state index in [0.29, 0.717) is 0 Å². The highest BCUT2D eigenvalue weighted by molar-refractivity contribution is 7.09. The van der Waals surface area contributed by atoms with Crippen LogP contribution in [-0.4, -0.2) is 22.0 Å². The van der Waals surface area contributed by atoms with Crippen molar-refractivity contribution in [3.8, 4) is 0 Å². The van der Waals surface area contributed by atoms with Crippen LogP contribution < -0.4 is 5.32 Å². The summed E-state index contributed by atoms with van der Waals surface area (Å²) in [6, 6.07) is 0. The van der Waals surface area contributed by atoms with Crippen molar-refractivity contribution < 1.29 is 14.7 Å². The number of nitrogens with zero attached hydrogens (tertiary/aromatic N) is 1. The van der Waals surface area contributed by atoms with E-state index in [0.717, 1.165) is 10.7 Å². The first-order valence-electron chi connectivity index (χ1n) is 5.63. The standard InChI is InChI=1S/C12H18N2O3S/c1-7-6-18-8(14-7)5-13-10(15)9(11(16)17)12(2,3)4/h6,9H,5H2,1-4H3,(H,13,15)(H,16,17). The average Bonchev–Trinajstić information content (AvgIpc) is 2.58. The van der Waals surface area contributed by atoms with Gasteiger partial charge in [-0.05, 0) is 12.3 Å². The zero-order valence-corrected chi connectivity index (χ0v) is 11.8. The summed E-state index contributed by atoms with van der Waals surface area (Å²) in [7, 11) is 0. The van der Waals surface area contributed by atoms with Gasteiger partial charge in [-0.3, -0.25) is 9.59 Å². The lowest BCUT2D eigenvalue weighted by molar-refractivity contribution is -0.151. The van der Waals surface area contributed by atoms with E-state index in [4.69, 9.17) is 5.11 Å². The molecule has 5 nitrogen and oxygen atoms in total. The van der Waals surface area contributed by atoms with E-state index < -0.39 is 23.2 Å². The number of hydrogen-bond donors (Lipinski definition) is 2. The minimum atomic E-state index is -1.10. The van der Waals surface area contributed by atoms with E-state index in [1.807, 2.05) is 12.3 Å². The molecule has 1 heterocycles. The Hall–Kier alpha value is -1.43. The third-order valence-electron chi connectivity index (χ3n) is 2.46. The van der Waals surface area contributed by atoms with Crippen molar-refractivity contribution in [1.82, 2.24) is 10.3 Å². The van der Waals surface area contributed by atoms with Crippen LogP contribution in [0.25, 0.3) is 0 Å². The molecule has 6 heteroatoms. The lowest BCUT2D eigenvalue weighted by Gasteiger charge is -2.25. The Labute approximate surface area is 110 Å². The smallest absolute Gasteiger partial charge is 0.316 e. The van der Waals surface area contributed by atoms with Crippen LogP contribution in [0.3, 0.4) is 0 Å². The zero-order chi connectivity index (χ0) is 13.9. The number of rotatable bonds is 4. The summed E-state index contributed by atoms with van der Waals surface area (Å²) in [5.41, 5.74) is 0.282. The molecule has 0 aliphatic rings. The topological polar surface area (TPSA) is 79.3 Å². The summed E-state index contributed by atoms with van der Waals surface area (Å²) in [6.45, 7) is 7.35. The Kier molecular flexibility index (Phi) is 4.45. The van der Waals surface area contributed by atoms with Gasteiger partial charge in [-0.1, -0.05) is 20.8 Å². The molecule has 1 aromatic rings. The molecule has 2 N–H and O–H groups in total. The summed E-state index contributed by atoms with van der Waals surface area (Å²) >= 11 is 1.45. The van der Waals surface area contributed by atoms with Crippen LogP contribution in [0, 0.1) is 18.3 Å². The number of aliphatic carboxylic acids is 1. The first-order valence-corrected chi connectivity index (χ1v) is 6.51. The molecular weight excluding hydrogens is 252 g/mol. The van der Waals surface area contributed by atoms with E-state index in [9.17, 15) is 9.59 Å². The summed E-state index contributed by atoms with van der Waals surface area (Å²) in [4.78, 5) is 27.2. The molecule has 1 aromatic heterocycles. The molecule has 0 saturated heterocycles. The van der Waals surface area contributed by atoms with Gasteiger partial charge >= 0.3 is 5.97 Å². The molecule has 1 atom stereocenters. The number of nitrogens with one attached hydrogen (secondary N) is 1. The molecule has 18 heavy (non-hydrogen) atoms. The molecule has 0 fully saturated rings. The lowest BCUT2D eigenvalue weighted by Crippen LogP contribution is -2.42. The van der Waals surface area contributed by atoms with Gasteiger partial charge in [0.15, 0.2) is 0 Å². The Morgan fingerprint density at radius 1 is 1.50 bits per heavy atom. The van der Waals surface area contributed by atoms with Crippen molar-refractivity contribution in [3.63, 3.8) is 0 Å². The third kappa shape index (κ3) is 3.80. The molecule has 0 spiro atoms. The minimum Gasteiger partial charge on any atom is -0.481 e. The second kappa shape index (κ2) is 5.48. The second-order valence-corrected chi connectivity index (χ2v) is 6.18. The van der Waals surface area contributed by atoms with Crippen molar-refractivity contribution in [1.29, 1.82) is 0 Å². The number of hydrogen-bond acceptors (Lipinski definition) is 4. The van der Waals surface area contributed by atoms with Crippen molar-refractivity contribution in [2.24, 2.45) is 11.3 Å². The van der Waals surface area contributed by atoms with Gasteiger partial charge in [-0.2, -0.15) is 0 Å². The van der Waals surface area contributed by atoms with E-state index >= 15 is 0 Å². The molecule has 100 valence electrons. The van der Waals surface area contributed by atoms with Crippen LogP contribution in [0.1, 0.15) is 31.5 Å². The quantitative estimate of drug-likeness (QED) is 0.818. The molecule has 0 aliphatic heterocycles. The van der Waals surface area contributed by atoms with Crippen LogP contribution in [-0.2, 0) is 16.1 Å². The molecule has 0 bridgehead atoms. The van der Waals surface area contributed by atoms with Gasteiger partial charge in [0.1, 0.15) is 10.9 Å². The number of amides is 1. The minimum absolute atomic E-state index is 0.275. The molecule has 0 saturated carbocycles. The zero-order valence-electron chi connectivity index (χ0n) is 11.0. The largest absolute Gasteiger partial charge is 0.481 e. The Morgan fingerprint density at radius 3 is 2.50 bits per heavy atom. The first-order chi connectivity index (χ1) is 8.21. The third-order valence-corrected chi connectivity index (χ3v) is 3.42. The van der Waals surface area contributed by atoms with Gasteiger partial charge in [-0.15, -0.1) is 11.3 Å². The first kappa shape index (κ1) is 14.6. The normalized spacial score (nSPS) is 13.1. The maximum atomic E-state index is 11.9. The number of carboxylic acid groups (broad SMARTS) is 1. The van der Waals surface area contributed by atoms with Crippen LogP contribution >= 0.6 is 11.3 Å². The maximum absolute atomic E-state index is 11.9.